The van der Waals surface area contributed by atoms with E-state index in [1.807, 2.05) is 0 Å². The molecule has 0 aliphatic heterocycles. The molecule has 3 atom stereocenters. The number of carbonyl (C=O) groups is 1. The predicted octanol–water partition coefficient (Wildman–Crippen LogP) is 2.77. The minimum absolute atomic E-state index is 0.0000308. The van der Waals surface area contributed by atoms with E-state index in [0.29, 0.717) is 5.56 Å². The first-order valence-corrected chi connectivity index (χ1v) is 8.08. The standard InChI is InChI=1S/C16H22ClFN2O3/c1-23-15-5-3-2-4-13(15)19-16(22)20-14(9-21)10-6-7-11(17)12(18)8-10/h6-8,13-15,21H,2-5,9H2,1H3,(H2,19,20,22). The number of methoxy groups -OCH3 is 1. The summed E-state index contributed by atoms with van der Waals surface area (Å²) in [6.07, 6.45) is 3.88. The monoisotopic (exact) mass is 344 g/mol. The Morgan fingerprint density at radius 3 is 2.87 bits per heavy atom. The van der Waals surface area contributed by atoms with Crippen LogP contribution in [0.15, 0.2) is 18.2 Å². The molecule has 2 amide bonds. The fraction of sp³-hybridized carbons (Fsp3) is 0.562. The topological polar surface area (TPSA) is 70.6 Å². The van der Waals surface area contributed by atoms with Gasteiger partial charge in [0.15, 0.2) is 0 Å². The van der Waals surface area contributed by atoms with Crippen LogP contribution in [0.5, 0.6) is 0 Å². The van der Waals surface area contributed by atoms with Gasteiger partial charge < -0.3 is 20.5 Å². The van der Waals surface area contributed by atoms with Gasteiger partial charge in [0, 0.05) is 7.11 Å². The van der Waals surface area contributed by atoms with Gasteiger partial charge in [-0.15, -0.1) is 0 Å². The highest BCUT2D eigenvalue weighted by Crippen LogP contribution is 2.22. The van der Waals surface area contributed by atoms with E-state index < -0.39 is 17.9 Å². The molecule has 2 rings (SSSR count). The Bertz CT molecular complexity index is 544. The van der Waals surface area contributed by atoms with E-state index in [0.717, 1.165) is 25.7 Å². The van der Waals surface area contributed by atoms with Crippen LogP contribution in [0, 0.1) is 5.82 Å². The molecule has 0 saturated heterocycles. The molecular weight excluding hydrogens is 323 g/mol. The quantitative estimate of drug-likeness (QED) is 0.769. The van der Waals surface area contributed by atoms with E-state index in [1.165, 1.54) is 12.1 Å². The molecule has 0 aromatic heterocycles. The number of hydrogen-bond donors (Lipinski definition) is 3. The zero-order valence-corrected chi connectivity index (χ0v) is 13.8. The van der Waals surface area contributed by atoms with E-state index in [1.54, 1.807) is 13.2 Å². The first-order valence-electron chi connectivity index (χ1n) is 7.70. The number of urea groups is 1. The van der Waals surface area contributed by atoms with Crippen LogP contribution in [-0.2, 0) is 4.74 Å². The number of ether oxygens (including phenoxy) is 1. The van der Waals surface area contributed by atoms with E-state index in [2.05, 4.69) is 10.6 Å². The van der Waals surface area contributed by atoms with Gasteiger partial charge in [0.25, 0.3) is 0 Å². The largest absolute Gasteiger partial charge is 0.394 e. The van der Waals surface area contributed by atoms with E-state index >= 15 is 0 Å². The predicted molar refractivity (Wildman–Crippen MR) is 86.0 cm³/mol. The number of halogens is 2. The highest BCUT2D eigenvalue weighted by atomic mass is 35.5. The van der Waals surface area contributed by atoms with E-state index in [9.17, 15) is 14.3 Å². The molecular formula is C16H22ClFN2O3. The van der Waals surface area contributed by atoms with Crippen molar-refractivity contribution in [2.45, 2.75) is 43.9 Å². The SMILES string of the molecule is COC1CCCCC1NC(=O)NC(CO)c1ccc(Cl)c(F)c1. The van der Waals surface area contributed by atoms with Crippen molar-refractivity contribution < 1.29 is 19.0 Å². The highest BCUT2D eigenvalue weighted by molar-refractivity contribution is 6.30. The summed E-state index contributed by atoms with van der Waals surface area (Å²) >= 11 is 5.64. The minimum atomic E-state index is -0.702. The van der Waals surface area contributed by atoms with Gasteiger partial charge in [0.2, 0.25) is 0 Å². The maximum atomic E-state index is 13.5. The summed E-state index contributed by atoms with van der Waals surface area (Å²) in [6, 6.07) is 3.01. The molecule has 1 aromatic rings. The summed E-state index contributed by atoms with van der Waals surface area (Å²) < 4.78 is 18.9. The molecule has 0 spiro atoms. The van der Waals surface area contributed by atoms with Crippen molar-refractivity contribution in [3.8, 4) is 0 Å². The maximum Gasteiger partial charge on any atom is 0.315 e. The first kappa shape index (κ1) is 18.0. The van der Waals surface area contributed by atoms with Gasteiger partial charge in [-0.1, -0.05) is 30.5 Å². The Labute approximate surface area is 140 Å². The molecule has 3 unspecified atom stereocenters. The van der Waals surface area contributed by atoms with Gasteiger partial charge in [-0.2, -0.15) is 0 Å². The molecule has 0 radical (unpaired) electrons. The van der Waals surface area contributed by atoms with Crippen LogP contribution in [0.1, 0.15) is 37.3 Å². The van der Waals surface area contributed by atoms with Crippen LogP contribution < -0.4 is 10.6 Å². The van der Waals surface area contributed by atoms with Crippen LogP contribution in [0.3, 0.4) is 0 Å². The number of aliphatic hydroxyl groups excluding tert-OH is 1. The number of aliphatic hydroxyl groups is 1. The maximum absolute atomic E-state index is 13.5. The molecule has 1 saturated carbocycles. The van der Waals surface area contributed by atoms with Crippen molar-refractivity contribution >= 4 is 17.6 Å². The van der Waals surface area contributed by atoms with Gasteiger partial charge >= 0.3 is 6.03 Å². The Hall–Kier alpha value is -1.37. The highest BCUT2D eigenvalue weighted by Gasteiger charge is 2.27. The molecule has 23 heavy (non-hydrogen) atoms. The molecule has 5 nitrogen and oxygen atoms in total. The molecule has 3 N–H and O–H groups in total. The number of benzene rings is 1. The lowest BCUT2D eigenvalue weighted by atomic mass is 9.92. The third-order valence-corrected chi connectivity index (χ3v) is 4.46. The Morgan fingerprint density at radius 1 is 1.48 bits per heavy atom. The smallest absolute Gasteiger partial charge is 0.315 e. The Morgan fingerprint density at radius 2 is 2.22 bits per heavy atom. The van der Waals surface area contributed by atoms with Gasteiger partial charge in [-0.3, -0.25) is 0 Å². The molecule has 1 aromatic carbocycles. The second-order valence-electron chi connectivity index (χ2n) is 5.69. The molecule has 1 aliphatic rings. The number of carbonyl (C=O) groups excluding carboxylic acids is 1. The fourth-order valence-corrected chi connectivity index (χ4v) is 2.99. The summed E-state index contributed by atoms with van der Waals surface area (Å²) in [5.41, 5.74) is 0.455. The van der Waals surface area contributed by atoms with Crippen molar-refractivity contribution in [1.82, 2.24) is 10.6 Å². The summed E-state index contributed by atoms with van der Waals surface area (Å²) in [5, 5.41) is 15.0. The van der Waals surface area contributed by atoms with Crippen LogP contribution in [0.4, 0.5) is 9.18 Å². The Balaban J connectivity index is 1.97. The summed E-state index contributed by atoms with van der Waals surface area (Å²) in [5.74, 6) is -0.587. The number of amides is 2. The Kier molecular flexibility index (Phi) is 6.62. The van der Waals surface area contributed by atoms with Gasteiger partial charge in [0.05, 0.1) is 29.8 Å². The van der Waals surface area contributed by atoms with E-state index in [-0.39, 0.29) is 23.8 Å². The normalized spacial score (nSPS) is 22.4. The van der Waals surface area contributed by atoms with Crippen molar-refractivity contribution in [1.29, 1.82) is 0 Å². The van der Waals surface area contributed by atoms with Crippen LogP contribution in [0.2, 0.25) is 5.02 Å². The second kappa shape index (κ2) is 8.47. The lowest BCUT2D eigenvalue weighted by Crippen LogP contribution is -2.50. The van der Waals surface area contributed by atoms with E-state index in [4.69, 9.17) is 16.3 Å². The van der Waals surface area contributed by atoms with Crippen LogP contribution >= 0.6 is 11.6 Å². The summed E-state index contributed by atoms with van der Waals surface area (Å²) in [7, 11) is 1.63. The zero-order chi connectivity index (χ0) is 16.8. The van der Waals surface area contributed by atoms with Crippen LogP contribution in [0.25, 0.3) is 0 Å². The average Bonchev–Trinajstić information content (AvgIpc) is 2.55. The first-order chi connectivity index (χ1) is 11.0. The average molecular weight is 345 g/mol. The van der Waals surface area contributed by atoms with Crippen LogP contribution in [-0.4, -0.2) is 37.0 Å². The number of hydrogen-bond acceptors (Lipinski definition) is 3. The van der Waals surface area contributed by atoms with Crippen molar-refractivity contribution in [3.63, 3.8) is 0 Å². The lowest BCUT2D eigenvalue weighted by Gasteiger charge is -2.31. The molecule has 128 valence electrons. The van der Waals surface area contributed by atoms with Gasteiger partial charge in [-0.25, -0.2) is 9.18 Å². The number of rotatable bonds is 5. The lowest BCUT2D eigenvalue weighted by molar-refractivity contribution is 0.0449. The third-order valence-electron chi connectivity index (χ3n) is 4.16. The van der Waals surface area contributed by atoms with Gasteiger partial charge in [0.1, 0.15) is 5.82 Å². The third kappa shape index (κ3) is 4.80. The fourth-order valence-electron chi connectivity index (χ4n) is 2.88. The molecule has 1 aliphatic carbocycles. The molecule has 1 fully saturated rings. The molecule has 0 heterocycles. The minimum Gasteiger partial charge on any atom is -0.394 e. The van der Waals surface area contributed by atoms with Crippen molar-refractivity contribution in [2.75, 3.05) is 13.7 Å². The van der Waals surface area contributed by atoms with Crippen molar-refractivity contribution in [2.24, 2.45) is 0 Å². The number of nitrogens with one attached hydrogen (secondary N) is 2. The molecule has 0 bridgehead atoms. The summed E-state index contributed by atoms with van der Waals surface area (Å²) in [6.45, 7) is -0.340. The zero-order valence-electron chi connectivity index (χ0n) is 13.0. The molecule has 7 heteroatoms. The second-order valence-corrected chi connectivity index (χ2v) is 6.10. The van der Waals surface area contributed by atoms with Gasteiger partial charge in [-0.05, 0) is 30.5 Å². The summed E-state index contributed by atoms with van der Waals surface area (Å²) in [4.78, 5) is 12.2. The van der Waals surface area contributed by atoms with Crippen molar-refractivity contribution in [3.05, 3.63) is 34.6 Å².